The lowest BCUT2D eigenvalue weighted by Gasteiger charge is -2.20. The van der Waals surface area contributed by atoms with E-state index in [1.807, 2.05) is 24.0 Å². The number of hydrogen-bond acceptors (Lipinski definition) is 3. The SMILES string of the molecule is Cc1ccc(C(C)C)cc1OCC(=O)NCCCN1CCCCCC1=O. The molecule has 2 rings (SSSR count). The van der Waals surface area contributed by atoms with Crippen LogP contribution >= 0.6 is 0 Å². The first-order valence-electron chi connectivity index (χ1n) is 9.75. The maximum Gasteiger partial charge on any atom is 0.257 e. The molecule has 1 saturated heterocycles. The first-order chi connectivity index (χ1) is 12.5. The molecule has 1 fully saturated rings. The fraction of sp³-hybridized carbons (Fsp3) is 0.619. The fourth-order valence-corrected chi connectivity index (χ4v) is 3.10. The number of amides is 2. The second kappa shape index (κ2) is 10.2. The number of benzene rings is 1. The highest BCUT2D eigenvalue weighted by Gasteiger charge is 2.15. The van der Waals surface area contributed by atoms with E-state index in [1.165, 1.54) is 5.56 Å². The van der Waals surface area contributed by atoms with Gasteiger partial charge in [-0.1, -0.05) is 32.4 Å². The third-order valence-corrected chi connectivity index (χ3v) is 4.84. The van der Waals surface area contributed by atoms with Gasteiger partial charge in [-0.05, 0) is 49.3 Å². The van der Waals surface area contributed by atoms with E-state index in [0.717, 1.165) is 50.1 Å². The lowest BCUT2D eigenvalue weighted by Crippen LogP contribution is -2.35. The first kappa shape index (κ1) is 20.3. The summed E-state index contributed by atoms with van der Waals surface area (Å²) in [6.45, 7) is 8.40. The number of nitrogens with zero attached hydrogens (tertiary/aromatic N) is 1. The number of likely N-dealkylation sites (tertiary alicyclic amines) is 1. The van der Waals surface area contributed by atoms with Crippen LogP contribution in [0.3, 0.4) is 0 Å². The fourth-order valence-electron chi connectivity index (χ4n) is 3.10. The molecule has 0 unspecified atom stereocenters. The van der Waals surface area contributed by atoms with Crippen LogP contribution in [-0.4, -0.2) is 43.0 Å². The molecule has 0 spiro atoms. The van der Waals surface area contributed by atoms with Gasteiger partial charge in [0.15, 0.2) is 6.61 Å². The molecule has 1 aliphatic rings. The van der Waals surface area contributed by atoms with Gasteiger partial charge in [0.25, 0.3) is 5.91 Å². The predicted octanol–water partition coefficient (Wildman–Crippen LogP) is 3.41. The third kappa shape index (κ3) is 6.36. The van der Waals surface area contributed by atoms with Crippen LogP contribution in [0.2, 0.25) is 0 Å². The standard InChI is InChI=1S/C21H32N2O3/c1-16(2)18-10-9-17(3)19(14-18)26-15-20(24)22-11-7-13-23-12-6-4-5-8-21(23)25/h9-10,14,16H,4-8,11-13,15H2,1-3H3,(H,22,24). The van der Waals surface area contributed by atoms with Gasteiger partial charge >= 0.3 is 0 Å². The Bertz CT molecular complexity index is 613. The zero-order valence-corrected chi connectivity index (χ0v) is 16.3. The first-order valence-corrected chi connectivity index (χ1v) is 9.75. The van der Waals surface area contributed by atoms with Crippen LogP contribution < -0.4 is 10.1 Å². The minimum Gasteiger partial charge on any atom is -0.483 e. The van der Waals surface area contributed by atoms with Gasteiger partial charge in [0, 0.05) is 26.1 Å². The Morgan fingerprint density at radius 1 is 1.27 bits per heavy atom. The summed E-state index contributed by atoms with van der Waals surface area (Å²) in [4.78, 5) is 25.9. The van der Waals surface area contributed by atoms with Crippen LogP contribution in [0.15, 0.2) is 18.2 Å². The zero-order chi connectivity index (χ0) is 18.9. The minimum absolute atomic E-state index is 0.0189. The van der Waals surface area contributed by atoms with Crippen molar-refractivity contribution in [1.29, 1.82) is 0 Å². The lowest BCUT2D eigenvalue weighted by atomic mass is 10.0. The van der Waals surface area contributed by atoms with Gasteiger partial charge in [0.05, 0.1) is 0 Å². The highest BCUT2D eigenvalue weighted by Crippen LogP contribution is 2.24. The van der Waals surface area contributed by atoms with Crippen molar-refractivity contribution in [3.05, 3.63) is 29.3 Å². The Morgan fingerprint density at radius 2 is 2.08 bits per heavy atom. The highest BCUT2D eigenvalue weighted by atomic mass is 16.5. The van der Waals surface area contributed by atoms with Crippen molar-refractivity contribution < 1.29 is 14.3 Å². The van der Waals surface area contributed by atoms with E-state index in [9.17, 15) is 9.59 Å². The van der Waals surface area contributed by atoms with E-state index in [-0.39, 0.29) is 18.4 Å². The van der Waals surface area contributed by atoms with E-state index in [1.54, 1.807) is 0 Å². The molecule has 1 aliphatic heterocycles. The van der Waals surface area contributed by atoms with E-state index in [4.69, 9.17) is 4.74 Å². The van der Waals surface area contributed by atoms with Crippen molar-refractivity contribution in [3.8, 4) is 5.75 Å². The molecule has 2 amide bonds. The molecule has 0 radical (unpaired) electrons. The van der Waals surface area contributed by atoms with Crippen molar-refractivity contribution in [1.82, 2.24) is 10.2 Å². The van der Waals surface area contributed by atoms with Crippen LogP contribution in [0.5, 0.6) is 5.75 Å². The van der Waals surface area contributed by atoms with E-state index in [0.29, 0.717) is 18.9 Å². The molecule has 0 saturated carbocycles. The summed E-state index contributed by atoms with van der Waals surface area (Å²) in [6, 6.07) is 6.13. The van der Waals surface area contributed by atoms with E-state index >= 15 is 0 Å². The number of ether oxygens (including phenoxy) is 1. The number of nitrogens with one attached hydrogen (secondary N) is 1. The summed E-state index contributed by atoms with van der Waals surface area (Å²) in [5.41, 5.74) is 2.23. The maximum absolute atomic E-state index is 12.0. The Balaban J connectivity index is 1.69. The second-order valence-electron chi connectivity index (χ2n) is 7.36. The van der Waals surface area contributed by atoms with E-state index < -0.39 is 0 Å². The summed E-state index contributed by atoms with van der Waals surface area (Å²) in [6.07, 6.45) is 4.66. The Morgan fingerprint density at radius 3 is 2.85 bits per heavy atom. The van der Waals surface area contributed by atoms with Crippen molar-refractivity contribution in [2.45, 2.75) is 58.8 Å². The average molecular weight is 360 g/mol. The molecule has 0 aliphatic carbocycles. The number of carbonyl (C=O) groups excluding carboxylic acids is 2. The molecule has 1 N–H and O–H groups in total. The van der Waals surface area contributed by atoms with Crippen LogP contribution in [0.1, 0.15) is 63.0 Å². The molecule has 5 nitrogen and oxygen atoms in total. The van der Waals surface area contributed by atoms with Crippen molar-refractivity contribution in [2.24, 2.45) is 0 Å². The lowest BCUT2D eigenvalue weighted by molar-refractivity contribution is -0.130. The summed E-state index contributed by atoms with van der Waals surface area (Å²) in [7, 11) is 0. The van der Waals surface area contributed by atoms with E-state index in [2.05, 4.69) is 25.2 Å². The zero-order valence-electron chi connectivity index (χ0n) is 16.3. The molecule has 0 bridgehead atoms. The monoisotopic (exact) mass is 360 g/mol. The van der Waals surface area contributed by atoms with Gasteiger partial charge in [-0.3, -0.25) is 9.59 Å². The van der Waals surface area contributed by atoms with Gasteiger partial charge < -0.3 is 15.0 Å². The molecule has 144 valence electrons. The van der Waals surface area contributed by atoms with Gasteiger partial charge in [0.2, 0.25) is 5.91 Å². The Labute approximate surface area is 157 Å². The number of rotatable bonds is 8. The van der Waals surface area contributed by atoms with Crippen LogP contribution in [-0.2, 0) is 9.59 Å². The summed E-state index contributed by atoms with van der Waals surface area (Å²) in [5.74, 6) is 1.31. The molecule has 1 aromatic rings. The molecule has 5 heteroatoms. The van der Waals surface area contributed by atoms with Crippen LogP contribution in [0, 0.1) is 6.92 Å². The van der Waals surface area contributed by atoms with Gasteiger partial charge in [-0.15, -0.1) is 0 Å². The van der Waals surface area contributed by atoms with Crippen molar-refractivity contribution in [2.75, 3.05) is 26.2 Å². The molecular formula is C21H32N2O3. The summed E-state index contributed by atoms with van der Waals surface area (Å²) < 4.78 is 5.69. The molecule has 1 heterocycles. The largest absolute Gasteiger partial charge is 0.483 e. The van der Waals surface area contributed by atoms with Gasteiger partial charge in [-0.2, -0.15) is 0 Å². The predicted molar refractivity (Wildman–Crippen MR) is 103 cm³/mol. The molecular weight excluding hydrogens is 328 g/mol. The van der Waals surface area contributed by atoms with Crippen molar-refractivity contribution >= 4 is 11.8 Å². The van der Waals surface area contributed by atoms with Crippen LogP contribution in [0.4, 0.5) is 0 Å². The Hall–Kier alpha value is -2.04. The highest BCUT2D eigenvalue weighted by molar-refractivity contribution is 5.77. The van der Waals surface area contributed by atoms with Gasteiger partial charge in [-0.25, -0.2) is 0 Å². The number of hydrogen-bond donors (Lipinski definition) is 1. The third-order valence-electron chi connectivity index (χ3n) is 4.84. The maximum atomic E-state index is 12.0. The quantitative estimate of drug-likeness (QED) is 0.723. The molecule has 0 aromatic heterocycles. The van der Waals surface area contributed by atoms with Crippen LogP contribution in [0.25, 0.3) is 0 Å². The topological polar surface area (TPSA) is 58.6 Å². The smallest absolute Gasteiger partial charge is 0.257 e. The molecule has 26 heavy (non-hydrogen) atoms. The summed E-state index contributed by atoms with van der Waals surface area (Å²) >= 11 is 0. The summed E-state index contributed by atoms with van der Waals surface area (Å²) in [5, 5.41) is 2.88. The Kier molecular flexibility index (Phi) is 7.95. The molecule has 0 atom stereocenters. The minimum atomic E-state index is -0.124. The second-order valence-corrected chi connectivity index (χ2v) is 7.36. The normalized spacial score (nSPS) is 15.1. The average Bonchev–Trinajstić information content (AvgIpc) is 2.82. The van der Waals surface area contributed by atoms with Crippen molar-refractivity contribution in [3.63, 3.8) is 0 Å². The number of aryl methyl sites for hydroxylation is 1. The number of carbonyl (C=O) groups is 2. The van der Waals surface area contributed by atoms with Gasteiger partial charge in [0.1, 0.15) is 5.75 Å². The molecule has 1 aromatic carbocycles.